The molecule has 0 radical (unpaired) electrons. The summed E-state index contributed by atoms with van der Waals surface area (Å²) in [7, 11) is -3.36. The molecule has 154 valence electrons. The van der Waals surface area contributed by atoms with Crippen molar-refractivity contribution in [2.75, 3.05) is 6.26 Å². The summed E-state index contributed by atoms with van der Waals surface area (Å²) >= 11 is 9.65. The van der Waals surface area contributed by atoms with E-state index in [0.29, 0.717) is 5.39 Å². The molecule has 4 rings (SSSR count). The Labute approximate surface area is 179 Å². The Bertz CT molecular complexity index is 1120. The zero-order valence-corrected chi connectivity index (χ0v) is 18.2. The SMILES string of the molecule is CS(=O)(=O)c1cncc2c1cc1n2CCCC1CC(=O)O.Sc1ccc(Cl)cc1. The first-order valence-corrected chi connectivity index (χ1v) is 11.7. The van der Waals surface area contributed by atoms with Crippen LogP contribution in [0.4, 0.5) is 0 Å². The van der Waals surface area contributed by atoms with E-state index < -0.39 is 15.8 Å². The third-order valence-electron chi connectivity index (χ3n) is 4.82. The van der Waals surface area contributed by atoms with E-state index >= 15 is 0 Å². The molecule has 1 aromatic carbocycles. The highest BCUT2D eigenvalue weighted by Gasteiger charge is 2.26. The molecule has 0 spiro atoms. The Kier molecular flexibility index (Phi) is 6.55. The molecule has 0 fully saturated rings. The lowest BCUT2D eigenvalue weighted by Crippen LogP contribution is -2.17. The fraction of sp³-hybridized carbons (Fsp3) is 0.300. The van der Waals surface area contributed by atoms with Gasteiger partial charge >= 0.3 is 5.97 Å². The lowest BCUT2D eigenvalue weighted by Gasteiger charge is -2.23. The van der Waals surface area contributed by atoms with Crippen molar-refractivity contribution in [3.05, 3.63) is 53.4 Å². The summed E-state index contributed by atoms with van der Waals surface area (Å²) in [5.74, 6) is -0.906. The molecular weight excluding hydrogens is 432 g/mol. The second-order valence-electron chi connectivity index (χ2n) is 6.98. The van der Waals surface area contributed by atoms with Crippen LogP contribution in [-0.4, -0.2) is 35.3 Å². The Morgan fingerprint density at radius 1 is 1.31 bits per heavy atom. The van der Waals surface area contributed by atoms with Crippen LogP contribution in [0.15, 0.2) is 52.5 Å². The van der Waals surface area contributed by atoms with Crippen LogP contribution in [0, 0.1) is 0 Å². The summed E-state index contributed by atoms with van der Waals surface area (Å²) in [6, 6.07) is 9.14. The van der Waals surface area contributed by atoms with Crippen LogP contribution in [0.3, 0.4) is 0 Å². The van der Waals surface area contributed by atoms with Crippen LogP contribution < -0.4 is 0 Å². The number of aliphatic carboxylic acids is 1. The van der Waals surface area contributed by atoms with Crippen molar-refractivity contribution in [2.24, 2.45) is 0 Å². The predicted octanol–water partition coefficient (Wildman–Crippen LogP) is 4.42. The van der Waals surface area contributed by atoms with E-state index in [-0.39, 0.29) is 17.2 Å². The first kappa shape index (κ1) is 21.7. The molecule has 0 bridgehead atoms. The molecule has 1 unspecified atom stereocenters. The molecule has 3 heterocycles. The zero-order chi connectivity index (χ0) is 21.2. The molecule has 1 N–H and O–H groups in total. The second-order valence-corrected chi connectivity index (χ2v) is 9.91. The van der Waals surface area contributed by atoms with E-state index in [4.69, 9.17) is 16.7 Å². The van der Waals surface area contributed by atoms with E-state index in [1.165, 1.54) is 6.20 Å². The van der Waals surface area contributed by atoms with Crippen molar-refractivity contribution < 1.29 is 18.3 Å². The summed E-state index contributed by atoms with van der Waals surface area (Å²) in [6.07, 6.45) is 5.93. The Morgan fingerprint density at radius 2 is 2.00 bits per heavy atom. The van der Waals surface area contributed by atoms with Gasteiger partial charge in [0, 0.05) is 45.9 Å². The predicted molar refractivity (Wildman–Crippen MR) is 116 cm³/mol. The van der Waals surface area contributed by atoms with Gasteiger partial charge in [0.25, 0.3) is 0 Å². The fourth-order valence-electron chi connectivity index (χ4n) is 3.55. The first-order valence-electron chi connectivity index (χ1n) is 9.00. The van der Waals surface area contributed by atoms with Gasteiger partial charge in [-0.15, -0.1) is 12.6 Å². The number of rotatable bonds is 3. The highest BCUT2D eigenvalue weighted by molar-refractivity contribution is 7.91. The van der Waals surface area contributed by atoms with Crippen molar-refractivity contribution >= 4 is 50.9 Å². The minimum absolute atomic E-state index is 0.0674. The van der Waals surface area contributed by atoms with Crippen molar-refractivity contribution in [3.8, 4) is 0 Å². The average Bonchev–Trinajstić information content (AvgIpc) is 3.03. The van der Waals surface area contributed by atoms with Gasteiger partial charge in [-0.2, -0.15) is 0 Å². The largest absolute Gasteiger partial charge is 0.481 e. The number of thiol groups is 1. The number of halogens is 1. The number of aromatic nitrogens is 2. The number of pyridine rings is 1. The summed E-state index contributed by atoms with van der Waals surface area (Å²) in [6.45, 7) is 0.768. The molecule has 2 aromatic heterocycles. The summed E-state index contributed by atoms with van der Waals surface area (Å²) < 4.78 is 25.8. The van der Waals surface area contributed by atoms with Crippen molar-refractivity contribution in [1.82, 2.24) is 9.55 Å². The third-order valence-corrected chi connectivity index (χ3v) is 6.50. The molecule has 3 aromatic rings. The molecule has 0 saturated heterocycles. The number of hydrogen-bond acceptors (Lipinski definition) is 5. The number of carboxylic acid groups (broad SMARTS) is 1. The van der Waals surface area contributed by atoms with Gasteiger partial charge in [-0.05, 0) is 43.2 Å². The molecule has 6 nitrogen and oxygen atoms in total. The second kappa shape index (κ2) is 8.77. The molecular formula is C20H21ClN2O4S2. The Hall–Kier alpha value is -2.03. The monoisotopic (exact) mass is 452 g/mol. The maximum atomic E-state index is 11.9. The van der Waals surface area contributed by atoms with Gasteiger partial charge in [0.1, 0.15) is 0 Å². The van der Waals surface area contributed by atoms with Crippen LogP contribution in [0.5, 0.6) is 0 Å². The normalized spacial score (nSPS) is 16.0. The quantitative estimate of drug-likeness (QED) is 0.574. The molecule has 29 heavy (non-hydrogen) atoms. The molecule has 0 amide bonds. The van der Waals surface area contributed by atoms with E-state index in [2.05, 4.69) is 17.6 Å². The van der Waals surface area contributed by atoms with Crippen LogP contribution in [0.25, 0.3) is 10.9 Å². The molecule has 9 heteroatoms. The summed E-state index contributed by atoms with van der Waals surface area (Å²) in [4.78, 5) is 16.2. The standard InChI is InChI=1S/C14H16N2O4S.C6H5ClS/c1-21(19,20)13-8-15-7-12-10(13)6-11-9(5-14(17)18)3-2-4-16(11)12;7-5-1-3-6(8)4-2-5/h6-9H,2-5H2,1H3,(H,17,18);1-4,8H. The maximum absolute atomic E-state index is 11.9. The third kappa shape index (κ3) is 5.12. The van der Waals surface area contributed by atoms with Gasteiger partial charge in [-0.25, -0.2) is 8.42 Å². The average molecular weight is 453 g/mol. The number of carbonyl (C=O) groups is 1. The van der Waals surface area contributed by atoms with Gasteiger partial charge < -0.3 is 9.67 Å². The van der Waals surface area contributed by atoms with E-state index in [0.717, 1.165) is 46.8 Å². The number of carboxylic acids is 1. The minimum atomic E-state index is -3.36. The van der Waals surface area contributed by atoms with E-state index in [1.54, 1.807) is 6.20 Å². The fourth-order valence-corrected chi connectivity index (χ4v) is 4.64. The summed E-state index contributed by atoms with van der Waals surface area (Å²) in [5, 5.41) is 10.4. The van der Waals surface area contributed by atoms with E-state index in [1.807, 2.05) is 34.9 Å². The van der Waals surface area contributed by atoms with Crippen LogP contribution in [-0.2, 0) is 21.2 Å². The minimum Gasteiger partial charge on any atom is -0.481 e. The van der Waals surface area contributed by atoms with Gasteiger partial charge in [0.15, 0.2) is 9.84 Å². The number of aryl methyl sites for hydroxylation is 1. The topological polar surface area (TPSA) is 89.3 Å². The molecule has 0 aliphatic carbocycles. The zero-order valence-electron chi connectivity index (χ0n) is 15.7. The Morgan fingerprint density at radius 3 is 2.59 bits per heavy atom. The number of fused-ring (bicyclic) bond motifs is 3. The lowest BCUT2D eigenvalue weighted by molar-refractivity contribution is -0.137. The van der Waals surface area contributed by atoms with Crippen molar-refractivity contribution in [2.45, 2.75) is 41.5 Å². The number of nitrogens with zero attached hydrogens (tertiary/aromatic N) is 2. The molecule has 1 aliphatic rings. The summed E-state index contributed by atoms with van der Waals surface area (Å²) in [5.41, 5.74) is 1.67. The molecule has 1 aliphatic heterocycles. The van der Waals surface area contributed by atoms with Crippen LogP contribution >= 0.6 is 24.2 Å². The van der Waals surface area contributed by atoms with Gasteiger partial charge in [0.2, 0.25) is 0 Å². The Balaban J connectivity index is 0.000000252. The number of benzene rings is 1. The van der Waals surface area contributed by atoms with Crippen LogP contribution in [0.1, 0.15) is 30.9 Å². The van der Waals surface area contributed by atoms with Crippen molar-refractivity contribution in [3.63, 3.8) is 0 Å². The lowest BCUT2D eigenvalue weighted by atomic mass is 9.93. The highest BCUT2D eigenvalue weighted by atomic mass is 35.5. The van der Waals surface area contributed by atoms with Crippen LogP contribution in [0.2, 0.25) is 5.02 Å². The maximum Gasteiger partial charge on any atom is 0.304 e. The molecule has 1 atom stereocenters. The van der Waals surface area contributed by atoms with Gasteiger partial charge in [-0.3, -0.25) is 9.78 Å². The van der Waals surface area contributed by atoms with Crippen molar-refractivity contribution in [1.29, 1.82) is 0 Å². The smallest absolute Gasteiger partial charge is 0.304 e. The first-order chi connectivity index (χ1) is 13.7. The van der Waals surface area contributed by atoms with Gasteiger partial charge in [0.05, 0.1) is 23.0 Å². The van der Waals surface area contributed by atoms with Gasteiger partial charge in [-0.1, -0.05) is 11.6 Å². The van der Waals surface area contributed by atoms with E-state index in [9.17, 15) is 13.2 Å². The highest BCUT2D eigenvalue weighted by Crippen LogP contribution is 2.36. The number of hydrogen-bond donors (Lipinski definition) is 2. The number of sulfone groups is 1. The molecule has 0 saturated carbocycles.